The molecule has 1 atom stereocenters. The van der Waals surface area contributed by atoms with Crippen LogP contribution < -0.4 is 4.74 Å². The molecule has 242 valence electrons. The number of ether oxygens (including phenoxy) is 2. The summed E-state index contributed by atoms with van der Waals surface area (Å²) in [4.78, 5) is 36.6. The minimum atomic E-state index is -4.88. The van der Waals surface area contributed by atoms with Crippen molar-refractivity contribution in [3.63, 3.8) is 0 Å². The quantitative estimate of drug-likeness (QED) is 0.388. The van der Waals surface area contributed by atoms with Crippen molar-refractivity contribution in [2.45, 2.75) is 70.9 Å². The Morgan fingerprint density at radius 3 is 2.24 bits per heavy atom. The number of likely N-dealkylation sites (tertiary alicyclic amines) is 2. The smallest absolute Gasteiger partial charge is 0.444 e. The molecule has 2 aliphatic rings. The SMILES string of the molecule is CC(=O)N1CCC(c2nc(-c3cncc([C@@](O)(c4ccc(OC(F)(F)F)cc4)C4(C)CN(C(=O)OC(C)(C)C)C4)c3)no2)CC1. The third-order valence-electron chi connectivity index (χ3n) is 8.26. The molecule has 0 aliphatic carbocycles. The summed E-state index contributed by atoms with van der Waals surface area (Å²) < 4.78 is 53.6. The molecule has 3 aromatic rings. The van der Waals surface area contributed by atoms with Crippen LogP contribution in [0.1, 0.15) is 70.4 Å². The maximum Gasteiger partial charge on any atom is 0.573 e. The monoisotopic (exact) mass is 631 g/mol. The lowest BCUT2D eigenvalue weighted by Gasteiger charge is -2.56. The van der Waals surface area contributed by atoms with Crippen LogP contribution in [0.2, 0.25) is 0 Å². The second-order valence-corrected chi connectivity index (χ2v) is 12.9. The van der Waals surface area contributed by atoms with Gasteiger partial charge in [-0.1, -0.05) is 24.2 Å². The molecule has 11 nitrogen and oxygen atoms in total. The molecule has 14 heteroatoms. The van der Waals surface area contributed by atoms with Gasteiger partial charge in [-0.25, -0.2) is 4.79 Å². The highest BCUT2D eigenvalue weighted by Crippen LogP contribution is 2.51. The maximum atomic E-state index is 12.8. The van der Waals surface area contributed by atoms with Crippen molar-refractivity contribution in [2.24, 2.45) is 5.41 Å². The van der Waals surface area contributed by atoms with E-state index in [1.54, 1.807) is 38.7 Å². The average Bonchev–Trinajstić information content (AvgIpc) is 3.44. The fourth-order valence-corrected chi connectivity index (χ4v) is 5.96. The van der Waals surface area contributed by atoms with Gasteiger partial charge in [0.1, 0.15) is 17.0 Å². The van der Waals surface area contributed by atoms with Gasteiger partial charge in [-0.2, -0.15) is 4.98 Å². The molecule has 1 aromatic carbocycles. The van der Waals surface area contributed by atoms with Crippen LogP contribution in [0, 0.1) is 5.41 Å². The number of carbonyl (C=O) groups excluding carboxylic acids is 2. The summed E-state index contributed by atoms with van der Waals surface area (Å²) >= 11 is 0. The average molecular weight is 632 g/mol. The molecule has 0 spiro atoms. The van der Waals surface area contributed by atoms with Gasteiger partial charge in [-0.05, 0) is 57.4 Å². The molecular weight excluding hydrogens is 595 g/mol. The largest absolute Gasteiger partial charge is 0.573 e. The van der Waals surface area contributed by atoms with Crippen molar-refractivity contribution in [3.8, 4) is 17.1 Å². The highest BCUT2D eigenvalue weighted by atomic mass is 19.4. The number of aliphatic hydroxyl groups is 1. The maximum absolute atomic E-state index is 12.8. The number of nitrogens with zero attached hydrogens (tertiary/aromatic N) is 5. The molecule has 0 unspecified atom stereocenters. The number of benzene rings is 1. The van der Waals surface area contributed by atoms with E-state index in [0.29, 0.717) is 42.9 Å². The molecule has 5 rings (SSSR count). The van der Waals surface area contributed by atoms with Crippen molar-refractivity contribution in [3.05, 3.63) is 59.7 Å². The molecule has 0 bridgehead atoms. The number of pyridine rings is 1. The standard InChI is InChI=1S/C31H36F3N5O6/c1-19(40)38-12-10-20(11-13-38)26-36-25(37-45-26)21-14-23(16-35-15-21)30(42,22-6-8-24(9-7-22)43-31(32,33)34)29(5)17-39(18-29)27(41)44-28(2,3)4/h6-9,14-16,20,42H,10-13,17-18H2,1-5H3/t30-/m0/s1. The number of hydrogen-bond donors (Lipinski definition) is 1. The van der Waals surface area contributed by atoms with Gasteiger partial charge in [0.2, 0.25) is 17.6 Å². The summed E-state index contributed by atoms with van der Waals surface area (Å²) in [5, 5.41) is 16.7. The van der Waals surface area contributed by atoms with Crippen LogP contribution in [-0.2, 0) is 15.1 Å². The molecule has 2 amide bonds. The summed E-state index contributed by atoms with van der Waals surface area (Å²) in [6.45, 7) is 9.93. The van der Waals surface area contributed by atoms with E-state index in [-0.39, 0.29) is 36.3 Å². The van der Waals surface area contributed by atoms with E-state index < -0.39 is 34.8 Å². The normalized spacial score (nSPS) is 18.6. The predicted molar refractivity (Wildman–Crippen MR) is 154 cm³/mol. The topological polar surface area (TPSA) is 131 Å². The van der Waals surface area contributed by atoms with Crippen LogP contribution in [0.4, 0.5) is 18.0 Å². The fourth-order valence-electron chi connectivity index (χ4n) is 5.96. The molecule has 45 heavy (non-hydrogen) atoms. The number of aromatic nitrogens is 3. The number of piperidine rings is 1. The van der Waals surface area contributed by atoms with Crippen molar-refractivity contribution in [2.75, 3.05) is 26.2 Å². The Kier molecular flexibility index (Phi) is 8.32. The van der Waals surface area contributed by atoms with E-state index >= 15 is 0 Å². The first-order chi connectivity index (χ1) is 21.0. The van der Waals surface area contributed by atoms with Crippen LogP contribution in [0.5, 0.6) is 5.75 Å². The highest BCUT2D eigenvalue weighted by molar-refractivity contribution is 5.73. The van der Waals surface area contributed by atoms with Crippen LogP contribution in [-0.4, -0.2) is 80.2 Å². The summed E-state index contributed by atoms with van der Waals surface area (Å²) in [7, 11) is 0. The van der Waals surface area contributed by atoms with Gasteiger partial charge >= 0.3 is 12.5 Å². The van der Waals surface area contributed by atoms with Crippen molar-refractivity contribution in [1.82, 2.24) is 24.9 Å². The Labute approximate surface area is 258 Å². The van der Waals surface area contributed by atoms with Gasteiger partial charge in [0.25, 0.3) is 0 Å². The van der Waals surface area contributed by atoms with Crippen LogP contribution in [0.15, 0.2) is 47.2 Å². The minimum absolute atomic E-state index is 0.0138. The zero-order valence-corrected chi connectivity index (χ0v) is 25.7. The Hall–Kier alpha value is -4.20. The third-order valence-corrected chi connectivity index (χ3v) is 8.26. The van der Waals surface area contributed by atoms with Crippen molar-refractivity contribution < 1.29 is 41.9 Å². The Morgan fingerprint density at radius 2 is 1.67 bits per heavy atom. The Morgan fingerprint density at radius 1 is 1.02 bits per heavy atom. The minimum Gasteiger partial charge on any atom is -0.444 e. The summed E-state index contributed by atoms with van der Waals surface area (Å²) in [5.74, 6) is 0.252. The predicted octanol–water partition coefficient (Wildman–Crippen LogP) is 5.25. The van der Waals surface area contributed by atoms with Gasteiger partial charge in [0, 0.05) is 68.0 Å². The van der Waals surface area contributed by atoms with Crippen molar-refractivity contribution >= 4 is 12.0 Å². The second-order valence-electron chi connectivity index (χ2n) is 12.9. The number of rotatable bonds is 6. The van der Waals surface area contributed by atoms with Crippen LogP contribution >= 0.6 is 0 Å². The zero-order chi connectivity index (χ0) is 32.8. The van der Waals surface area contributed by atoms with Crippen LogP contribution in [0.25, 0.3) is 11.4 Å². The van der Waals surface area contributed by atoms with E-state index in [1.165, 1.54) is 36.4 Å². The van der Waals surface area contributed by atoms with E-state index in [1.807, 2.05) is 0 Å². The lowest BCUT2D eigenvalue weighted by atomic mass is 9.62. The van der Waals surface area contributed by atoms with Gasteiger partial charge in [0.15, 0.2) is 0 Å². The number of carbonyl (C=O) groups is 2. The molecular formula is C31H36F3N5O6. The molecule has 2 fully saturated rings. The lowest BCUT2D eigenvalue weighted by molar-refractivity contribution is -0.274. The molecule has 2 saturated heterocycles. The number of hydrogen-bond acceptors (Lipinski definition) is 9. The number of halogens is 3. The fraction of sp³-hybridized carbons (Fsp3) is 0.516. The third kappa shape index (κ3) is 6.75. The van der Waals surface area contributed by atoms with Gasteiger partial charge in [-0.15, -0.1) is 13.2 Å². The van der Waals surface area contributed by atoms with Crippen molar-refractivity contribution in [1.29, 1.82) is 0 Å². The first-order valence-corrected chi connectivity index (χ1v) is 14.6. The van der Waals surface area contributed by atoms with Gasteiger partial charge in [-0.3, -0.25) is 9.78 Å². The number of alkyl halides is 3. The molecule has 4 heterocycles. The molecule has 1 N–H and O–H groups in total. The highest BCUT2D eigenvalue weighted by Gasteiger charge is 2.58. The zero-order valence-electron chi connectivity index (χ0n) is 25.7. The van der Waals surface area contributed by atoms with E-state index in [2.05, 4.69) is 19.9 Å². The first kappa shape index (κ1) is 32.2. The van der Waals surface area contributed by atoms with E-state index in [0.717, 1.165) is 12.1 Å². The second kappa shape index (κ2) is 11.6. The molecule has 0 radical (unpaired) electrons. The summed E-state index contributed by atoms with van der Waals surface area (Å²) in [5.41, 5.74) is -2.50. The van der Waals surface area contributed by atoms with Gasteiger partial charge in [0.05, 0.1) is 0 Å². The molecule has 2 aliphatic heterocycles. The Balaban J connectivity index is 1.46. The number of amides is 2. The Bertz CT molecular complexity index is 1540. The molecule has 0 saturated carbocycles. The van der Waals surface area contributed by atoms with E-state index in [4.69, 9.17) is 9.26 Å². The first-order valence-electron chi connectivity index (χ1n) is 14.6. The van der Waals surface area contributed by atoms with Crippen LogP contribution in [0.3, 0.4) is 0 Å². The van der Waals surface area contributed by atoms with E-state index in [9.17, 15) is 27.9 Å². The molecule has 2 aromatic heterocycles. The van der Waals surface area contributed by atoms with Gasteiger partial charge < -0.3 is 28.9 Å². The summed E-state index contributed by atoms with van der Waals surface area (Å²) in [6.07, 6.45) is -1.08. The summed E-state index contributed by atoms with van der Waals surface area (Å²) in [6, 6.07) is 6.62. The lowest BCUT2D eigenvalue weighted by Crippen LogP contribution is -2.66.